The largest absolute Gasteiger partial charge is 0.332 e. The summed E-state index contributed by atoms with van der Waals surface area (Å²) >= 11 is 18.7. The van der Waals surface area contributed by atoms with Gasteiger partial charge in [0.1, 0.15) is 6.17 Å². The van der Waals surface area contributed by atoms with Crippen molar-refractivity contribution in [3.8, 4) is 0 Å². The van der Waals surface area contributed by atoms with Gasteiger partial charge in [0.15, 0.2) is 0 Å². The maximum atomic E-state index is 12.8. The predicted molar refractivity (Wildman–Crippen MR) is 118 cm³/mol. The van der Waals surface area contributed by atoms with Crippen molar-refractivity contribution >= 4 is 46.4 Å². The van der Waals surface area contributed by atoms with Crippen LogP contribution in [0.4, 0.5) is 5.69 Å². The zero-order valence-electron chi connectivity index (χ0n) is 16.2. The number of rotatable bonds is 4. The number of hydrogen-bond acceptors (Lipinski definition) is 5. The van der Waals surface area contributed by atoms with Crippen molar-refractivity contribution in [2.45, 2.75) is 28.8 Å². The van der Waals surface area contributed by atoms with Gasteiger partial charge in [-0.1, -0.05) is 46.9 Å². The molecule has 164 valence electrons. The van der Waals surface area contributed by atoms with Crippen LogP contribution < -0.4 is 10.9 Å². The molecule has 31 heavy (non-hydrogen) atoms. The molecule has 1 saturated heterocycles. The molecule has 1 aromatic heterocycles. The number of halogens is 3. The average molecular weight is 486 g/mol. The maximum absolute atomic E-state index is 12.8. The molecular formula is C20H19Cl3N4O4. The van der Waals surface area contributed by atoms with Gasteiger partial charge in [-0.25, -0.2) is 0 Å². The van der Waals surface area contributed by atoms with E-state index in [0.29, 0.717) is 19.6 Å². The summed E-state index contributed by atoms with van der Waals surface area (Å²) in [6, 6.07) is 10.6. The lowest BCUT2D eigenvalue weighted by molar-refractivity contribution is -0.384. The average Bonchev–Trinajstić information content (AvgIpc) is 2.71. The molecule has 2 aliphatic rings. The van der Waals surface area contributed by atoms with E-state index in [9.17, 15) is 19.7 Å². The Morgan fingerprint density at radius 1 is 1.16 bits per heavy atom. The van der Waals surface area contributed by atoms with Crippen LogP contribution in [-0.4, -0.2) is 43.3 Å². The predicted octanol–water partition coefficient (Wildman–Crippen LogP) is 3.30. The lowest BCUT2D eigenvalue weighted by atomic mass is 9.83. The topological polar surface area (TPSA) is 97.5 Å². The number of nitro benzene ring substituents is 1. The van der Waals surface area contributed by atoms with Crippen LogP contribution in [0.5, 0.6) is 0 Å². The van der Waals surface area contributed by atoms with Crippen molar-refractivity contribution < 1.29 is 9.72 Å². The van der Waals surface area contributed by atoms with Gasteiger partial charge in [0.2, 0.25) is 3.79 Å². The Morgan fingerprint density at radius 2 is 1.90 bits per heavy atom. The van der Waals surface area contributed by atoms with Gasteiger partial charge in [0.25, 0.3) is 17.2 Å². The van der Waals surface area contributed by atoms with E-state index >= 15 is 0 Å². The third-order valence-corrected chi connectivity index (χ3v) is 6.39. The summed E-state index contributed by atoms with van der Waals surface area (Å²) in [7, 11) is 0. The highest BCUT2D eigenvalue weighted by atomic mass is 35.6. The number of likely N-dealkylation sites (tertiary alicyclic amines) is 1. The summed E-state index contributed by atoms with van der Waals surface area (Å²) in [6.45, 7) is 1.59. The number of hydrogen-bond donors (Lipinski definition) is 1. The van der Waals surface area contributed by atoms with E-state index in [2.05, 4.69) is 5.32 Å². The lowest BCUT2D eigenvalue weighted by Crippen LogP contribution is -2.60. The van der Waals surface area contributed by atoms with Crippen molar-refractivity contribution in [3.63, 3.8) is 0 Å². The number of nitro groups is 1. The molecular weight excluding hydrogens is 467 g/mol. The summed E-state index contributed by atoms with van der Waals surface area (Å²) < 4.78 is -0.0411. The Hall–Kier alpha value is -2.13. The third-order valence-electron chi connectivity index (χ3n) is 5.77. The minimum absolute atomic E-state index is 0.0300. The Kier molecular flexibility index (Phi) is 6.00. The molecule has 4 rings (SSSR count). The molecule has 11 heteroatoms. The highest BCUT2D eigenvalue weighted by molar-refractivity contribution is 6.68. The van der Waals surface area contributed by atoms with Crippen LogP contribution >= 0.6 is 34.8 Å². The van der Waals surface area contributed by atoms with Crippen LogP contribution in [0.3, 0.4) is 0 Å². The number of carbonyl (C=O) groups excluding carboxylic acids is 1. The van der Waals surface area contributed by atoms with Crippen molar-refractivity contribution in [2.75, 3.05) is 13.1 Å². The van der Waals surface area contributed by atoms with Crippen molar-refractivity contribution in [2.24, 2.45) is 5.92 Å². The highest BCUT2D eigenvalue weighted by Crippen LogP contribution is 2.40. The fourth-order valence-electron chi connectivity index (χ4n) is 4.49. The van der Waals surface area contributed by atoms with E-state index in [1.807, 2.05) is 11.0 Å². The monoisotopic (exact) mass is 484 g/mol. The molecule has 2 aromatic rings. The normalized spacial score (nSPS) is 21.8. The van der Waals surface area contributed by atoms with Crippen molar-refractivity contribution in [3.05, 3.63) is 74.2 Å². The standard InChI is InChI=1S/C20H19Cl3N4O4/c21-20(22,23)19(24-18(29)13-3-1-4-15(8-13)27(30)31)25-9-12-7-14(11-25)16-5-2-6-17(28)26(16)10-12/h1-6,8,12,14,19H,7,9-11H2,(H,24,29)/t12?,14-,19?/m0/s1. The molecule has 0 saturated carbocycles. The first kappa shape index (κ1) is 22.1. The molecule has 1 amide bonds. The van der Waals surface area contributed by atoms with Crippen molar-refractivity contribution in [1.29, 1.82) is 0 Å². The van der Waals surface area contributed by atoms with Gasteiger partial charge in [-0.15, -0.1) is 0 Å². The molecule has 8 nitrogen and oxygen atoms in total. The number of amides is 1. The molecule has 0 aliphatic carbocycles. The zero-order valence-corrected chi connectivity index (χ0v) is 18.5. The first-order chi connectivity index (χ1) is 14.6. The van der Waals surface area contributed by atoms with Gasteiger partial charge < -0.3 is 9.88 Å². The molecule has 0 radical (unpaired) electrons. The maximum Gasteiger partial charge on any atom is 0.270 e. The molecule has 3 atom stereocenters. The van der Waals surface area contributed by atoms with Gasteiger partial charge in [-0.05, 0) is 24.5 Å². The molecule has 1 fully saturated rings. The number of non-ortho nitro benzene ring substituents is 1. The SMILES string of the molecule is O=C(NC(N1CC2C[C@@H](C1)c1cccc(=O)n1C2)C(Cl)(Cl)Cl)c1cccc([N+](=O)[O-])c1. The highest BCUT2D eigenvalue weighted by Gasteiger charge is 2.44. The second-order valence-corrected chi connectivity index (χ2v) is 10.2. The van der Waals surface area contributed by atoms with E-state index in [1.54, 1.807) is 16.7 Å². The summed E-state index contributed by atoms with van der Waals surface area (Å²) in [5.74, 6) is -0.353. The Morgan fingerprint density at radius 3 is 2.61 bits per heavy atom. The number of fused-ring (bicyclic) bond motifs is 4. The molecule has 2 unspecified atom stereocenters. The number of nitrogens with zero attached hydrogens (tertiary/aromatic N) is 3. The zero-order chi connectivity index (χ0) is 22.3. The summed E-state index contributed by atoms with van der Waals surface area (Å²) in [5, 5.41) is 13.8. The second kappa shape index (κ2) is 8.43. The fraction of sp³-hybridized carbons (Fsp3) is 0.400. The fourth-order valence-corrected chi connectivity index (χ4v) is 5.07. The number of pyridine rings is 1. The van der Waals surface area contributed by atoms with Gasteiger partial charge in [-0.3, -0.25) is 24.6 Å². The summed E-state index contributed by atoms with van der Waals surface area (Å²) in [4.78, 5) is 37.4. The Labute approximate surface area is 192 Å². The lowest BCUT2D eigenvalue weighted by Gasteiger charge is -2.47. The van der Waals surface area contributed by atoms with Crippen LogP contribution in [0.2, 0.25) is 0 Å². The minimum Gasteiger partial charge on any atom is -0.332 e. The van der Waals surface area contributed by atoms with Gasteiger partial charge in [0, 0.05) is 55.0 Å². The number of nitrogens with one attached hydrogen (secondary N) is 1. The van der Waals surface area contributed by atoms with Gasteiger partial charge in [-0.2, -0.15) is 0 Å². The molecule has 2 aliphatic heterocycles. The molecule has 1 aromatic carbocycles. The number of carbonyl (C=O) groups is 1. The van der Waals surface area contributed by atoms with Crippen LogP contribution in [0.1, 0.15) is 28.4 Å². The van der Waals surface area contributed by atoms with E-state index in [0.717, 1.165) is 12.1 Å². The Bertz CT molecular complexity index is 1080. The van der Waals surface area contributed by atoms with E-state index in [4.69, 9.17) is 34.8 Å². The summed E-state index contributed by atoms with van der Waals surface area (Å²) in [6.07, 6.45) is -0.0396. The smallest absolute Gasteiger partial charge is 0.270 e. The first-order valence-electron chi connectivity index (χ1n) is 9.69. The third kappa shape index (κ3) is 4.57. The van der Waals surface area contributed by atoms with E-state index in [1.165, 1.54) is 24.3 Å². The first-order valence-corrected chi connectivity index (χ1v) is 10.8. The number of piperidine rings is 1. The second-order valence-electron chi connectivity index (χ2n) is 7.88. The molecule has 3 heterocycles. The van der Waals surface area contributed by atoms with E-state index in [-0.39, 0.29) is 28.6 Å². The minimum atomic E-state index is -1.83. The number of aromatic nitrogens is 1. The van der Waals surface area contributed by atoms with Crippen LogP contribution in [-0.2, 0) is 6.54 Å². The van der Waals surface area contributed by atoms with Gasteiger partial charge >= 0.3 is 0 Å². The number of alkyl halides is 3. The molecule has 2 bridgehead atoms. The van der Waals surface area contributed by atoms with E-state index < -0.39 is 20.8 Å². The van der Waals surface area contributed by atoms with Crippen LogP contribution in [0, 0.1) is 16.0 Å². The quantitative estimate of drug-likeness (QED) is 0.407. The van der Waals surface area contributed by atoms with Crippen LogP contribution in [0.25, 0.3) is 0 Å². The molecule has 0 spiro atoms. The van der Waals surface area contributed by atoms with Crippen molar-refractivity contribution in [1.82, 2.24) is 14.8 Å². The Balaban J connectivity index is 1.58. The summed E-state index contributed by atoms with van der Waals surface area (Å²) in [5.41, 5.74) is 0.800. The molecule has 1 N–H and O–H groups in total. The number of benzene rings is 1. The van der Waals surface area contributed by atoms with Crippen LogP contribution in [0.15, 0.2) is 47.3 Å². The van der Waals surface area contributed by atoms with Gasteiger partial charge in [0.05, 0.1) is 4.92 Å².